The molecule has 0 fully saturated rings. The van der Waals surface area contributed by atoms with Gasteiger partial charge in [0.1, 0.15) is 5.75 Å². The van der Waals surface area contributed by atoms with Crippen molar-refractivity contribution >= 4 is 29.3 Å². The van der Waals surface area contributed by atoms with Gasteiger partial charge in [0.2, 0.25) is 5.91 Å². The molecule has 0 spiro atoms. The minimum absolute atomic E-state index is 0.152. The highest BCUT2D eigenvalue weighted by atomic mass is 16.5. The standard InChI is InChI=1S/C24H22N2O3/c1-26(21-9-4-3-5-10-21)24(28)19-7-6-8-20(17-19)25-23(27)16-13-18-11-14-22(29-2)15-12-18/h3-17H,1-2H3,(H,25,27)/b16-13+. The molecule has 0 radical (unpaired) electrons. The number of para-hydroxylation sites is 1. The molecular formula is C24H22N2O3. The molecule has 0 aliphatic heterocycles. The van der Waals surface area contributed by atoms with Gasteiger partial charge in [0, 0.05) is 30.1 Å². The Kier molecular flexibility index (Phi) is 6.43. The molecule has 0 aromatic heterocycles. The van der Waals surface area contributed by atoms with Crippen LogP contribution in [-0.2, 0) is 4.79 Å². The van der Waals surface area contributed by atoms with Gasteiger partial charge in [-0.25, -0.2) is 0 Å². The molecule has 0 aliphatic rings. The van der Waals surface area contributed by atoms with Crippen molar-refractivity contribution < 1.29 is 14.3 Å². The Hall–Kier alpha value is -3.86. The molecule has 0 unspecified atom stereocenters. The molecule has 5 nitrogen and oxygen atoms in total. The van der Waals surface area contributed by atoms with E-state index in [-0.39, 0.29) is 11.8 Å². The molecule has 0 aliphatic carbocycles. The number of ether oxygens (including phenoxy) is 1. The maximum Gasteiger partial charge on any atom is 0.258 e. The third-order valence-corrected chi connectivity index (χ3v) is 4.37. The van der Waals surface area contributed by atoms with Crippen molar-refractivity contribution in [1.29, 1.82) is 0 Å². The van der Waals surface area contributed by atoms with E-state index in [4.69, 9.17) is 4.74 Å². The van der Waals surface area contributed by atoms with Crippen molar-refractivity contribution in [1.82, 2.24) is 0 Å². The second-order valence-corrected chi connectivity index (χ2v) is 6.38. The minimum atomic E-state index is -0.276. The molecule has 1 N–H and O–H groups in total. The molecule has 146 valence electrons. The quantitative estimate of drug-likeness (QED) is 0.629. The summed E-state index contributed by atoms with van der Waals surface area (Å²) >= 11 is 0. The smallest absolute Gasteiger partial charge is 0.258 e. The fourth-order valence-electron chi connectivity index (χ4n) is 2.76. The van der Waals surface area contributed by atoms with Crippen LogP contribution in [0.5, 0.6) is 5.75 Å². The maximum atomic E-state index is 12.7. The third kappa shape index (κ3) is 5.32. The van der Waals surface area contributed by atoms with Crippen LogP contribution in [0.25, 0.3) is 6.08 Å². The van der Waals surface area contributed by atoms with Crippen LogP contribution >= 0.6 is 0 Å². The number of nitrogens with one attached hydrogen (secondary N) is 1. The van der Waals surface area contributed by atoms with Crippen molar-refractivity contribution in [2.75, 3.05) is 24.4 Å². The van der Waals surface area contributed by atoms with Gasteiger partial charge in [-0.1, -0.05) is 36.4 Å². The second kappa shape index (κ2) is 9.37. The summed E-state index contributed by atoms with van der Waals surface area (Å²) in [5.41, 5.74) is 2.73. The highest BCUT2D eigenvalue weighted by Gasteiger charge is 2.13. The van der Waals surface area contributed by atoms with Gasteiger partial charge in [-0.3, -0.25) is 9.59 Å². The second-order valence-electron chi connectivity index (χ2n) is 6.38. The molecule has 0 saturated carbocycles. The molecule has 2 amide bonds. The number of rotatable bonds is 6. The molecule has 3 aromatic carbocycles. The summed E-state index contributed by atoms with van der Waals surface area (Å²) in [4.78, 5) is 26.5. The first kappa shape index (κ1) is 19.9. The SMILES string of the molecule is COc1ccc(/C=C/C(=O)Nc2cccc(C(=O)N(C)c3ccccc3)c2)cc1. The van der Waals surface area contributed by atoms with E-state index >= 15 is 0 Å². The number of amides is 2. The van der Waals surface area contributed by atoms with Crippen molar-refractivity contribution in [3.63, 3.8) is 0 Å². The fourth-order valence-corrected chi connectivity index (χ4v) is 2.76. The highest BCUT2D eigenvalue weighted by molar-refractivity contribution is 6.07. The lowest BCUT2D eigenvalue weighted by Gasteiger charge is -2.17. The van der Waals surface area contributed by atoms with Crippen LogP contribution in [0.3, 0.4) is 0 Å². The predicted molar refractivity (Wildman–Crippen MR) is 116 cm³/mol. The molecule has 29 heavy (non-hydrogen) atoms. The zero-order chi connectivity index (χ0) is 20.6. The number of carbonyl (C=O) groups is 2. The molecule has 0 saturated heterocycles. The summed E-state index contributed by atoms with van der Waals surface area (Å²) in [6.07, 6.45) is 3.17. The van der Waals surface area contributed by atoms with Crippen molar-refractivity contribution in [3.8, 4) is 5.75 Å². The molecule has 0 atom stereocenters. The third-order valence-electron chi connectivity index (χ3n) is 4.37. The van der Waals surface area contributed by atoms with Crippen LogP contribution in [0, 0.1) is 0 Å². The van der Waals surface area contributed by atoms with Gasteiger partial charge < -0.3 is 15.0 Å². The topological polar surface area (TPSA) is 58.6 Å². The van der Waals surface area contributed by atoms with Gasteiger partial charge in [0.05, 0.1) is 7.11 Å². The number of carbonyl (C=O) groups excluding carboxylic acids is 2. The van der Waals surface area contributed by atoms with E-state index in [1.165, 1.54) is 6.08 Å². The molecular weight excluding hydrogens is 364 g/mol. The first-order valence-corrected chi connectivity index (χ1v) is 9.13. The van der Waals surface area contributed by atoms with Gasteiger partial charge >= 0.3 is 0 Å². The zero-order valence-corrected chi connectivity index (χ0v) is 16.3. The van der Waals surface area contributed by atoms with E-state index in [1.807, 2.05) is 54.6 Å². The zero-order valence-electron chi connectivity index (χ0n) is 16.3. The summed E-state index contributed by atoms with van der Waals surface area (Å²) in [7, 11) is 3.33. The fraction of sp³-hybridized carbons (Fsp3) is 0.0833. The molecule has 0 bridgehead atoms. The van der Waals surface area contributed by atoms with Gasteiger partial charge in [0.15, 0.2) is 0 Å². The molecule has 0 heterocycles. The van der Waals surface area contributed by atoms with E-state index in [9.17, 15) is 9.59 Å². The van der Waals surface area contributed by atoms with E-state index in [2.05, 4.69) is 5.32 Å². The Morgan fingerprint density at radius 3 is 2.34 bits per heavy atom. The lowest BCUT2D eigenvalue weighted by atomic mass is 10.1. The first-order valence-electron chi connectivity index (χ1n) is 9.13. The van der Waals surface area contributed by atoms with Crippen LogP contribution in [0.1, 0.15) is 15.9 Å². The number of nitrogens with zero attached hydrogens (tertiary/aromatic N) is 1. The summed E-state index contributed by atoms with van der Waals surface area (Å²) in [5.74, 6) is 0.330. The Morgan fingerprint density at radius 2 is 1.66 bits per heavy atom. The lowest BCUT2D eigenvalue weighted by molar-refractivity contribution is -0.111. The lowest BCUT2D eigenvalue weighted by Crippen LogP contribution is -2.26. The van der Waals surface area contributed by atoms with Gasteiger partial charge in [-0.15, -0.1) is 0 Å². The van der Waals surface area contributed by atoms with E-state index < -0.39 is 0 Å². The monoisotopic (exact) mass is 386 g/mol. The molecule has 3 rings (SSSR count). The Morgan fingerprint density at radius 1 is 0.931 bits per heavy atom. The average molecular weight is 386 g/mol. The number of hydrogen-bond donors (Lipinski definition) is 1. The first-order chi connectivity index (χ1) is 14.1. The van der Waals surface area contributed by atoms with E-state index in [0.717, 1.165) is 17.0 Å². The number of hydrogen-bond acceptors (Lipinski definition) is 3. The normalized spacial score (nSPS) is 10.6. The van der Waals surface area contributed by atoms with Crippen LogP contribution in [-0.4, -0.2) is 26.0 Å². The van der Waals surface area contributed by atoms with Gasteiger partial charge in [-0.05, 0) is 54.1 Å². The Labute approximate surface area is 170 Å². The van der Waals surface area contributed by atoms with Crippen molar-refractivity contribution in [2.24, 2.45) is 0 Å². The van der Waals surface area contributed by atoms with Crippen LogP contribution in [0.2, 0.25) is 0 Å². The summed E-state index contributed by atoms with van der Waals surface area (Å²) in [6.45, 7) is 0. The maximum absolute atomic E-state index is 12.7. The van der Waals surface area contributed by atoms with Gasteiger partial charge in [0.25, 0.3) is 5.91 Å². The van der Waals surface area contributed by atoms with Gasteiger partial charge in [-0.2, -0.15) is 0 Å². The molecule has 5 heteroatoms. The summed E-state index contributed by atoms with van der Waals surface area (Å²) in [6, 6.07) is 23.7. The highest BCUT2D eigenvalue weighted by Crippen LogP contribution is 2.18. The van der Waals surface area contributed by atoms with Crippen molar-refractivity contribution in [2.45, 2.75) is 0 Å². The molecule has 3 aromatic rings. The van der Waals surface area contributed by atoms with E-state index in [1.54, 1.807) is 49.4 Å². The van der Waals surface area contributed by atoms with Crippen LogP contribution < -0.4 is 15.0 Å². The van der Waals surface area contributed by atoms with Crippen molar-refractivity contribution in [3.05, 3.63) is 96.1 Å². The largest absolute Gasteiger partial charge is 0.497 e. The summed E-state index contributed by atoms with van der Waals surface area (Å²) < 4.78 is 5.11. The number of anilines is 2. The minimum Gasteiger partial charge on any atom is -0.497 e. The number of methoxy groups -OCH3 is 1. The number of benzene rings is 3. The van der Waals surface area contributed by atoms with Crippen LogP contribution in [0.15, 0.2) is 84.9 Å². The summed E-state index contributed by atoms with van der Waals surface area (Å²) in [5, 5.41) is 2.79. The predicted octanol–water partition coefficient (Wildman–Crippen LogP) is 4.62. The Bertz CT molecular complexity index is 1010. The van der Waals surface area contributed by atoms with Crippen LogP contribution in [0.4, 0.5) is 11.4 Å². The average Bonchev–Trinajstić information content (AvgIpc) is 2.78. The Balaban J connectivity index is 1.66. The van der Waals surface area contributed by atoms with E-state index in [0.29, 0.717) is 11.3 Å².